The highest BCUT2D eigenvalue weighted by Gasteiger charge is 2.16. The zero-order valence-electron chi connectivity index (χ0n) is 19.6. The first-order valence-electron chi connectivity index (χ1n) is 10.7. The van der Waals surface area contributed by atoms with Crippen LogP contribution in [0.4, 0.5) is 14.9 Å². The number of urea groups is 1. The summed E-state index contributed by atoms with van der Waals surface area (Å²) in [4.78, 5) is 33.1. The normalized spacial score (nSPS) is 11.0. The third kappa shape index (κ3) is 7.61. The van der Waals surface area contributed by atoms with Crippen molar-refractivity contribution < 1.29 is 23.5 Å². The van der Waals surface area contributed by atoms with Gasteiger partial charge in [0.1, 0.15) is 18.3 Å². The van der Waals surface area contributed by atoms with Gasteiger partial charge in [0.05, 0.1) is 11.9 Å². The van der Waals surface area contributed by atoms with E-state index in [0.29, 0.717) is 18.0 Å². The molecule has 3 rings (SSSR count). The van der Waals surface area contributed by atoms with Gasteiger partial charge in [-0.2, -0.15) is 0 Å². The number of halogens is 1. The van der Waals surface area contributed by atoms with E-state index in [1.165, 1.54) is 19.2 Å². The number of hydrogen-bond donors (Lipinski definition) is 2. The summed E-state index contributed by atoms with van der Waals surface area (Å²) in [6.07, 6.45) is 1.36. The highest BCUT2D eigenvalue weighted by molar-refractivity contribution is 6.00. The summed E-state index contributed by atoms with van der Waals surface area (Å²) in [5.74, 6) is 0.497. The summed E-state index contributed by atoms with van der Waals surface area (Å²) in [5.41, 5.74) is 3.36. The Kier molecular flexibility index (Phi) is 8.85. The molecule has 0 aliphatic heterocycles. The average molecular weight is 480 g/mol. The van der Waals surface area contributed by atoms with Crippen molar-refractivity contribution in [2.45, 2.75) is 20.4 Å². The molecule has 3 amide bonds. The van der Waals surface area contributed by atoms with Gasteiger partial charge in [0, 0.05) is 19.7 Å². The second-order valence-electron chi connectivity index (χ2n) is 7.62. The van der Waals surface area contributed by atoms with Crippen molar-refractivity contribution in [1.82, 2.24) is 20.5 Å². The lowest BCUT2D eigenvalue weighted by atomic mass is 10.1. The molecule has 0 unspecified atom stereocenters. The van der Waals surface area contributed by atoms with Gasteiger partial charge < -0.3 is 14.4 Å². The quantitative estimate of drug-likeness (QED) is 0.217. The first kappa shape index (κ1) is 25.3. The van der Waals surface area contributed by atoms with Gasteiger partial charge in [0.2, 0.25) is 18.2 Å². The third-order valence-electron chi connectivity index (χ3n) is 4.80. The maximum Gasteiger partial charge on any atom is 0.327 e. The van der Waals surface area contributed by atoms with Crippen molar-refractivity contribution in [2.75, 3.05) is 13.8 Å². The van der Waals surface area contributed by atoms with E-state index in [0.717, 1.165) is 22.9 Å². The SMILES string of the molecule is COCN(Cc1ccc(C)cc1)C(=Nc1ccc(Oc2ccc(F)cn2)c(C)c1)NC(=O)NC=O. The lowest BCUT2D eigenvalue weighted by molar-refractivity contribution is -0.108. The van der Waals surface area contributed by atoms with E-state index in [1.807, 2.05) is 43.4 Å². The number of aryl methyl sites for hydroxylation is 2. The molecule has 0 atom stereocenters. The van der Waals surface area contributed by atoms with E-state index in [2.05, 4.69) is 15.3 Å². The van der Waals surface area contributed by atoms with Crippen molar-refractivity contribution in [1.29, 1.82) is 0 Å². The van der Waals surface area contributed by atoms with Crippen LogP contribution >= 0.6 is 0 Å². The summed E-state index contributed by atoms with van der Waals surface area (Å²) in [5, 5.41) is 4.65. The number of ether oxygens (including phenoxy) is 2. The highest BCUT2D eigenvalue weighted by atomic mass is 19.1. The molecule has 1 aromatic heterocycles. The Morgan fingerprint density at radius 2 is 1.91 bits per heavy atom. The molecule has 2 N–H and O–H groups in total. The zero-order valence-corrected chi connectivity index (χ0v) is 19.6. The van der Waals surface area contributed by atoms with Crippen molar-refractivity contribution in [3.63, 3.8) is 0 Å². The van der Waals surface area contributed by atoms with Crippen molar-refractivity contribution in [3.8, 4) is 11.6 Å². The fourth-order valence-corrected chi connectivity index (χ4v) is 3.10. The highest BCUT2D eigenvalue weighted by Crippen LogP contribution is 2.27. The minimum absolute atomic E-state index is 0.129. The Morgan fingerprint density at radius 1 is 1.14 bits per heavy atom. The van der Waals surface area contributed by atoms with Crippen LogP contribution in [0, 0.1) is 19.7 Å². The van der Waals surface area contributed by atoms with Gasteiger partial charge in [0.15, 0.2) is 0 Å². The Bertz CT molecular complexity index is 1180. The molecule has 0 saturated carbocycles. The Balaban J connectivity index is 1.89. The van der Waals surface area contributed by atoms with Crippen LogP contribution in [0.5, 0.6) is 11.6 Å². The van der Waals surface area contributed by atoms with Gasteiger partial charge in [-0.15, -0.1) is 0 Å². The first-order chi connectivity index (χ1) is 16.9. The van der Waals surface area contributed by atoms with Crippen LogP contribution in [0.25, 0.3) is 0 Å². The molecule has 3 aromatic rings. The maximum absolute atomic E-state index is 13.1. The van der Waals surface area contributed by atoms with E-state index in [-0.39, 0.29) is 25.0 Å². The predicted molar refractivity (Wildman–Crippen MR) is 129 cm³/mol. The van der Waals surface area contributed by atoms with Gasteiger partial charge in [-0.1, -0.05) is 29.8 Å². The van der Waals surface area contributed by atoms with Gasteiger partial charge in [0.25, 0.3) is 0 Å². The van der Waals surface area contributed by atoms with Crippen LogP contribution in [-0.2, 0) is 16.1 Å². The minimum Gasteiger partial charge on any atom is -0.439 e. The number of aromatic nitrogens is 1. The molecule has 35 heavy (non-hydrogen) atoms. The fourth-order valence-electron chi connectivity index (χ4n) is 3.10. The van der Waals surface area contributed by atoms with Crippen molar-refractivity contribution in [3.05, 3.63) is 83.3 Å². The van der Waals surface area contributed by atoms with E-state index in [9.17, 15) is 14.0 Å². The maximum atomic E-state index is 13.1. The largest absolute Gasteiger partial charge is 0.439 e. The minimum atomic E-state index is -0.734. The van der Waals surface area contributed by atoms with Crippen molar-refractivity contribution >= 4 is 24.1 Å². The lowest BCUT2D eigenvalue weighted by Crippen LogP contribution is -2.48. The number of benzene rings is 2. The number of pyridine rings is 1. The van der Waals surface area contributed by atoms with E-state index in [4.69, 9.17) is 9.47 Å². The number of nitrogens with one attached hydrogen (secondary N) is 2. The second kappa shape index (κ2) is 12.2. The molecular formula is C25H26FN5O4. The number of carbonyl (C=O) groups excluding carboxylic acids is 2. The number of guanidine groups is 1. The van der Waals surface area contributed by atoms with Crippen LogP contribution in [-0.4, -0.2) is 42.1 Å². The number of amides is 3. The monoisotopic (exact) mass is 479 g/mol. The number of rotatable bonds is 8. The number of imide groups is 1. The molecule has 0 saturated heterocycles. The van der Waals surface area contributed by atoms with E-state index >= 15 is 0 Å². The van der Waals surface area contributed by atoms with Gasteiger partial charge in [-0.3, -0.25) is 15.4 Å². The summed E-state index contributed by atoms with van der Waals surface area (Å²) >= 11 is 0. The first-order valence-corrected chi connectivity index (χ1v) is 10.7. The number of aliphatic imine (C=N–C) groups is 1. The molecule has 0 aliphatic rings. The summed E-state index contributed by atoms with van der Waals surface area (Å²) in [7, 11) is 1.53. The summed E-state index contributed by atoms with van der Waals surface area (Å²) < 4.78 is 24.1. The molecule has 9 nitrogen and oxygen atoms in total. The van der Waals surface area contributed by atoms with Crippen LogP contribution < -0.4 is 15.4 Å². The smallest absolute Gasteiger partial charge is 0.327 e. The lowest BCUT2D eigenvalue weighted by Gasteiger charge is -2.25. The van der Waals surface area contributed by atoms with Gasteiger partial charge in [-0.25, -0.2) is 19.2 Å². The van der Waals surface area contributed by atoms with E-state index < -0.39 is 11.8 Å². The van der Waals surface area contributed by atoms with Crippen LogP contribution in [0.2, 0.25) is 0 Å². The van der Waals surface area contributed by atoms with Crippen LogP contribution in [0.1, 0.15) is 16.7 Å². The molecular weight excluding hydrogens is 453 g/mol. The fraction of sp³-hybridized carbons (Fsp3) is 0.200. The van der Waals surface area contributed by atoms with Gasteiger partial charge in [-0.05, 0) is 49.2 Å². The topological polar surface area (TPSA) is 105 Å². The predicted octanol–water partition coefficient (Wildman–Crippen LogP) is 4.18. The molecule has 0 aliphatic carbocycles. The van der Waals surface area contributed by atoms with E-state index in [1.54, 1.807) is 23.1 Å². The number of methoxy groups -OCH3 is 1. The Hall–Kier alpha value is -4.31. The third-order valence-corrected chi connectivity index (χ3v) is 4.80. The Morgan fingerprint density at radius 3 is 2.54 bits per heavy atom. The van der Waals surface area contributed by atoms with Crippen molar-refractivity contribution in [2.24, 2.45) is 4.99 Å². The summed E-state index contributed by atoms with van der Waals surface area (Å²) in [6, 6.07) is 15.0. The number of hydrogen-bond acceptors (Lipinski definition) is 6. The molecule has 0 spiro atoms. The van der Waals surface area contributed by atoms with Crippen LogP contribution in [0.15, 0.2) is 65.8 Å². The molecule has 2 aromatic carbocycles. The molecule has 0 bridgehead atoms. The van der Waals surface area contributed by atoms with Gasteiger partial charge >= 0.3 is 6.03 Å². The number of nitrogens with zero attached hydrogens (tertiary/aromatic N) is 3. The molecule has 0 fully saturated rings. The molecule has 1 heterocycles. The van der Waals surface area contributed by atoms with Crippen LogP contribution in [0.3, 0.4) is 0 Å². The molecule has 10 heteroatoms. The zero-order chi connectivity index (χ0) is 25.2. The standard InChI is InChI=1S/C25H26FN5O4/c1-17-4-6-19(7-5-17)14-31(16-34-3)24(30-25(33)28-15-32)29-21-9-10-22(18(2)12-21)35-23-11-8-20(26)13-27-23/h4-13,15H,14,16H2,1-3H3,(H2,28,29,30,32,33). The molecule has 0 radical (unpaired) electrons. The average Bonchev–Trinajstić information content (AvgIpc) is 2.83. The molecule has 182 valence electrons. The Labute approximate surface area is 202 Å². The summed E-state index contributed by atoms with van der Waals surface area (Å²) in [6.45, 7) is 4.34. The number of carbonyl (C=O) groups is 2. The second-order valence-corrected chi connectivity index (χ2v) is 7.62.